The minimum Gasteiger partial charge on any atom is -0.493 e. The standard InChI is InChI=1S/C20H24N4O4/c1-27-17-6-2-3-7-18(17)28-14-19(25)23-11-15-5-4-10-24(13-15)20(26)16-12-21-8-9-22-16/h2-3,6-9,12,15H,4-5,10-11,13-14H2,1H3,(H,23,25). The number of hydrogen-bond acceptors (Lipinski definition) is 6. The highest BCUT2D eigenvalue weighted by molar-refractivity contribution is 5.92. The van der Waals surface area contributed by atoms with Gasteiger partial charge in [0.05, 0.1) is 13.3 Å². The van der Waals surface area contributed by atoms with Crippen molar-refractivity contribution in [2.24, 2.45) is 5.92 Å². The second-order valence-electron chi connectivity index (χ2n) is 6.59. The zero-order chi connectivity index (χ0) is 19.8. The van der Waals surface area contributed by atoms with Gasteiger partial charge in [0.25, 0.3) is 11.8 Å². The Morgan fingerprint density at radius 2 is 2.07 bits per heavy atom. The fourth-order valence-corrected chi connectivity index (χ4v) is 3.18. The first-order valence-corrected chi connectivity index (χ1v) is 9.25. The molecular formula is C20H24N4O4. The van der Waals surface area contributed by atoms with Crippen LogP contribution in [0.4, 0.5) is 0 Å². The smallest absolute Gasteiger partial charge is 0.274 e. The van der Waals surface area contributed by atoms with Crippen LogP contribution in [0, 0.1) is 5.92 Å². The van der Waals surface area contributed by atoms with Gasteiger partial charge in [-0.05, 0) is 30.9 Å². The summed E-state index contributed by atoms with van der Waals surface area (Å²) >= 11 is 0. The van der Waals surface area contributed by atoms with Gasteiger partial charge in [0.2, 0.25) is 0 Å². The van der Waals surface area contributed by atoms with E-state index in [0.29, 0.717) is 36.8 Å². The van der Waals surface area contributed by atoms with Crippen LogP contribution in [-0.2, 0) is 4.79 Å². The quantitative estimate of drug-likeness (QED) is 0.778. The molecule has 1 saturated heterocycles. The van der Waals surface area contributed by atoms with Crippen molar-refractivity contribution in [3.8, 4) is 11.5 Å². The van der Waals surface area contributed by atoms with E-state index < -0.39 is 0 Å². The van der Waals surface area contributed by atoms with Crippen molar-refractivity contribution in [3.05, 3.63) is 48.5 Å². The normalized spacial score (nSPS) is 16.3. The Balaban J connectivity index is 1.45. The molecule has 148 valence electrons. The number of piperidine rings is 1. The number of carbonyl (C=O) groups excluding carboxylic acids is 2. The molecule has 0 bridgehead atoms. The Kier molecular flexibility index (Phi) is 6.78. The van der Waals surface area contributed by atoms with Crippen molar-refractivity contribution in [2.45, 2.75) is 12.8 Å². The van der Waals surface area contributed by atoms with E-state index in [1.165, 1.54) is 12.4 Å². The molecule has 28 heavy (non-hydrogen) atoms. The van der Waals surface area contributed by atoms with E-state index in [0.717, 1.165) is 12.8 Å². The summed E-state index contributed by atoms with van der Waals surface area (Å²) in [5.41, 5.74) is 0.345. The molecule has 1 aromatic carbocycles. The zero-order valence-corrected chi connectivity index (χ0v) is 15.8. The van der Waals surface area contributed by atoms with Gasteiger partial charge in [-0.25, -0.2) is 4.98 Å². The Labute approximate surface area is 163 Å². The van der Waals surface area contributed by atoms with Crippen molar-refractivity contribution in [3.63, 3.8) is 0 Å². The maximum atomic E-state index is 12.5. The highest BCUT2D eigenvalue weighted by Gasteiger charge is 2.25. The summed E-state index contributed by atoms with van der Waals surface area (Å²) < 4.78 is 10.7. The van der Waals surface area contributed by atoms with Gasteiger partial charge < -0.3 is 19.7 Å². The summed E-state index contributed by atoms with van der Waals surface area (Å²) in [6.45, 7) is 1.69. The summed E-state index contributed by atoms with van der Waals surface area (Å²) in [6, 6.07) is 7.19. The number of para-hydroxylation sites is 2. The first-order chi connectivity index (χ1) is 13.7. The lowest BCUT2D eigenvalue weighted by Gasteiger charge is -2.32. The molecule has 0 saturated carbocycles. The van der Waals surface area contributed by atoms with E-state index in [1.807, 2.05) is 12.1 Å². The minimum absolute atomic E-state index is 0.0880. The summed E-state index contributed by atoms with van der Waals surface area (Å²) in [4.78, 5) is 34.4. The van der Waals surface area contributed by atoms with Gasteiger partial charge >= 0.3 is 0 Å². The van der Waals surface area contributed by atoms with Gasteiger partial charge in [-0.3, -0.25) is 14.6 Å². The van der Waals surface area contributed by atoms with E-state index in [1.54, 1.807) is 30.3 Å². The molecule has 8 nitrogen and oxygen atoms in total. The van der Waals surface area contributed by atoms with E-state index in [2.05, 4.69) is 15.3 Å². The van der Waals surface area contributed by atoms with Gasteiger partial charge in [0.15, 0.2) is 18.1 Å². The first kappa shape index (κ1) is 19.6. The molecule has 1 atom stereocenters. The third-order valence-electron chi connectivity index (χ3n) is 4.60. The maximum absolute atomic E-state index is 12.5. The first-order valence-electron chi connectivity index (χ1n) is 9.25. The van der Waals surface area contributed by atoms with Crippen molar-refractivity contribution >= 4 is 11.8 Å². The number of hydrogen-bond donors (Lipinski definition) is 1. The van der Waals surface area contributed by atoms with Crippen LogP contribution >= 0.6 is 0 Å². The van der Waals surface area contributed by atoms with E-state index in [4.69, 9.17) is 9.47 Å². The topological polar surface area (TPSA) is 93.7 Å². The predicted octanol–water partition coefficient (Wildman–Crippen LogP) is 1.53. The van der Waals surface area contributed by atoms with Gasteiger partial charge in [-0.1, -0.05) is 12.1 Å². The lowest BCUT2D eigenvalue weighted by atomic mass is 9.97. The Morgan fingerprint density at radius 3 is 2.82 bits per heavy atom. The third kappa shape index (κ3) is 5.18. The van der Waals surface area contributed by atoms with Crippen LogP contribution in [-0.4, -0.2) is 60.0 Å². The lowest BCUT2D eigenvalue weighted by Crippen LogP contribution is -2.44. The minimum atomic E-state index is -0.205. The van der Waals surface area contributed by atoms with Crippen LogP contribution in [0.15, 0.2) is 42.9 Å². The number of nitrogens with zero attached hydrogens (tertiary/aromatic N) is 3. The molecule has 1 fully saturated rings. The number of rotatable bonds is 7. The van der Waals surface area contributed by atoms with Crippen LogP contribution in [0.25, 0.3) is 0 Å². The predicted molar refractivity (Wildman–Crippen MR) is 102 cm³/mol. The second kappa shape index (κ2) is 9.68. The zero-order valence-electron chi connectivity index (χ0n) is 15.8. The Bertz CT molecular complexity index is 800. The number of aromatic nitrogens is 2. The molecule has 1 aliphatic heterocycles. The molecule has 0 aliphatic carbocycles. The van der Waals surface area contributed by atoms with Crippen LogP contribution < -0.4 is 14.8 Å². The number of nitrogens with one attached hydrogen (secondary N) is 1. The molecule has 1 aliphatic rings. The average Bonchev–Trinajstić information content (AvgIpc) is 2.76. The molecule has 8 heteroatoms. The lowest BCUT2D eigenvalue weighted by molar-refractivity contribution is -0.123. The summed E-state index contributed by atoms with van der Waals surface area (Å²) in [5, 5.41) is 2.89. The molecule has 2 amide bonds. The number of likely N-dealkylation sites (tertiary alicyclic amines) is 1. The monoisotopic (exact) mass is 384 g/mol. The summed E-state index contributed by atoms with van der Waals surface area (Å²) in [5.74, 6) is 0.982. The Hall–Kier alpha value is -3.16. The van der Waals surface area contributed by atoms with Gasteiger partial charge in [0.1, 0.15) is 5.69 Å². The third-order valence-corrected chi connectivity index (χ3v) is 4.60. The molecule has 2 heterocycles. The number of carbonyl (C=O) groups is 2. The number of benzene rings is 1. The SMILES string of the molecule is COc1ccccc1OCC(=O)NCC1CCCN(C(=O)c2cnccn2)C1. The van der Waals surface area contributed by atoms with Gasteiger partial charge in [-0.15, -0.1) is 0 Å². The van der Waals surface area contributed by atoms with Crippen LogP contribution in [0.5, 0.6) is 11.5 Å². The van der Waals surface area contributed by atoms with Crippen LogP contribution in [0.3, 0.4) is 0 Å². The Morgan fingerprint density at radius 1 is 1.25 bits per heavy atom. The summed E-state index contributed by atoms with van der Waals surface area (Å²) in [7, 11) is 1.55. The van der Waals surface area contributed by atoms with Crippen LogP contribution in [0.2, 0.25) is 0 Å². The van der Waals surface area contributed by atoms with Crippen molar-refractivity contribution in [2.75, 3.05) is 33.4 Å². The van der Waals surface area contributed by atoms with Gasteiger partial charge in [-0.2, -0.15) is 0 Å². The second-order valence-corrected chi connectivity index (χ2v) is 6.59. The molecule has 0 spiro atoms. The fraction of sp³-hybridized carbons (Fsp3) is 0.400. The maximum Gasteiger partial charge on any atom is 0.274 e. The molecule has 1 N–H and O–H groups in total. The highest BCUT2D eigenvalue weighted by Crippen LogP contribution is 2.25. The van der Waals surface area contributed by atoms with Crippen LogP contribution in [0.1, 0.15) is 23.3 Å². The summed E-state index contributed by atoms with van der Waals surface area (Å²) in [6.07, 6.45) is 6.38. The molecule has 3 rings (SSSR count). The van der Waals surface area contributed by atoms with Crippen molar-refractivity contribution in [1.29, 1.82) is 0 Å². The highest BCUT2D eigenvalue weighted by atomic mass is 16.5. The van der Waals surface area contributed by atoms with E-state index >= 15 is 0 Å². The van der Waals surface area contributed by atoms with Crippen molar-refractivity contribution in [1.82, 2.24) is 20.2 Å². The van der Waals surface area contributed by atoms with Gasteiger partial charge in [0, 0.05) is 32.0 Å². The average molecular weight is 384 g/mol. The molecule has 1 unspecified atom stereocenters. The molecule has 1 aromatic heterocycles. The molecular weight excluding hydrogens is 360 g/mol. The fourth-order valence-electron chi connectivity index (χ4n) is 3.18. The van der Waals surface area contributed by atoms with E-state index in [-0.39, 0.29) is 24.3 Å². The molecule has 2 aromatic rings. The largest absolute Gasteiger partial charge is 0.493 e. The number of methoxy groups -OCH3 is 1. The number of amides is 2. The molecule has 0 radical (unpaired) electrons. The van der Waals surface area contributed by atoms with Crippen molar-refractivity contribution < 1.29 is 19.1 Å². The number of ether oxygens (including phenoxy) is 2. The van der Waals surface area contributed by atoms with E-state index in [9.17, 15) is 9.59 Å².